The van der Waals surface area contributed by atoms with Crippen LogP contribution in [-0.2, 0) is 9.53 Å². The first kappa shape index (κ1) is 23.1. The van der Waals surface area contributed by atoms with E-state index < -0.39 is 5.60 Å². The van der Waals surface area contributed by atoms with Crippen LogP contribution in [0.2, 0.25) is 0 Å². The molecule has 5 unspecified atom stereocenters. The Kier molecular flexibility index (Phi) is 5.70. The maximum atomic E-state index is 12.2. The van der Waals surface area contributed by atoms with Gasteiger partial charge in [0, 0.05) is 36.5 Å². The lowest BCUT2D eigenvalue weighted by molar-refractivity contribution is -0.114. The Labute approximate surface area is 209 Å². The van der Waals surface area contributed by atoms with Crippen molar-refractivity contribution in [2.75, 3.05) is 31.2 Å². The predicted octanol–water partition coefficient (Wildman–Crippen LogP) is 5.18. The first-order chi connectivity index (χ1) is 16.9. The van der Waals surface area contributed by atoms with Crippen LogP contribution in [0.1, 0.15) is 70.3 Å². The molecule has 4 heteroatoms. The van der Waals surface area contributed by atoms with Crippen molar-refractivity contribution in [2.24, 2.45) is 17.3 Å². The molecule has 1 aliphatic heterocycles. The minimum atomic E-state index is -0.923. The Morgan fingerprint density at radius 2 is 1.86 bits per heavy atom. The Morgan fingerprint density at radius 3 is 2.60 bits per heavy atom. The lowest BCUT2D eigenvalue weighted by Gasteiger charge is -2.53. The summed E-state index contributed by atoms with van der Waals surface area (Å²) in [5.41, 5.74) is 5.76. The quantitative estimate of drug-likeness (QED) is 0.604. The summed E-state index contributed by atoms with van der Waals surface area (Å²) < 4.78 is 5.54. The molecule has 0 amide bonds. The van der Waals surface area contributed by atoms with E-state index in [9.17, 15) is 9.90 Å². The van der Waals surface area contributed by atoms with Gasteiger partial charge in [-0.25, -0.2) is 0 Å². The third kappa shape index (κ3) is 3.62. The largest absolute Gasteiger partial charge is 0.378 e. The number of nitrogens with zero attached hydrogens (tertiary/aromatic N) is 1. The molecule has 1 N–H and O–H groups in total. The number of rotatable bonds is 2. The van der Waals surface area contributed by atoms with Gasteiger partial charge in [0.05, 0.1) is 13.2 Å². The molecule has 1 aromatic rings. The second-order valence-corrected chi connectivity index (χ2v) is 11.5. The molecule has 1 aromatic carbocycles. The van der Waals surface area contributed by atoms with Gasteiger partial charge in [0.15, 0.2) is 5.78 Å². The lowest BCUT2D eigenvalue weighted by Crippen LogP contribution is -2.51. The summed E-state index contributed by atoms with van der Waals surface area (Å²) >= 11 is 0. The van der Waals surface area contributed by atoms with Crippen LogP contribution in [-0.4, -0.2) is 42.8 Å². The molecule has 5 aliphatic rings. The molecule has 184 valence electrons. The Hall–Kier alpha value is -2.35. The lowest BCUT2D eigenvalue weighted by atomic mass is 9.51. The van der Waals surface area contributed by atoms with Crippen molar-refractivity contribution in [3.63, 3.8) is 0 Å². The van der Waals surface area contributed by atoms with Crippen molar-refractivity contribution in [1.29, 1.82) is 0 Å². The number of fused-ring (bicyclic) bond motifs is 4. The molecule has 2 saturated carbocycles. The smallest absolute Gasteiger partial charge is 0.156 e. The molecule has 0 aromatic heterocycles. The molecular weight excluding hydrogens is 434 g/mol. The number of carbonyl (C=O) groups excluding carboxylic acids is 1. The molecule has 4 nitrogen and oxygen atoms in total. The number of ether oxygens (including phenoxy) is 1. The van der Waals surface area contributed by atoms with Crippen molar-refractivity contribution in [3.05, 3.63) is 52.6 Å². The van der Waals surface area contributed by atoms with Gasteiger partial charge < -0.3 is 14.7 Å². The molecule has 35 heavy (non-hydrogen) atoms. The fourth-order valence-corrected chi connectivity index (χ4v) is 8.12. The number of allylic oxidation sites excluding steroid dienone is 4. The summed E-state index contributed by atoms with van der Waals surface area (Å²) in [5.74, 6) is 7.76. The van der Waals surface area contributed by atoms with Crippen LogP contribution >= 0.6 is 0 Å². The minimum absolute atomic E-state index is 0.232. The zero-order chi connectivity index (χ0) is 24.2. The van der Waals surface area contributed by atoms with E-state index in [4.69, 9.17) is 4.74 Å². The standard InChI is InChI=1S/C31H37NO3/c1-3-13-31(34)14-12-28-26-10-6-22-19-24(33)9-11-25(22)29(26)27(20-30(28,31)2)21-4-7-23(8-5-21)32-15-17-35-18-16-32/h4-5,7-8,19,26-28,34H,6,9-12,14-18,20H2,1-2H3. The third-order valence-corrected chi connectivity index (χ3v) is 9.89. The number of ketones is 1. The van der Waals surface area contributed by atoms with Crippen molar-refractivity contribution >= 4 is 11.5 Å². The van der Waals surface area contributed by atoms with E-state index >= 15 is 0 Å². The topological polar surface area (TPSA) is 49.8 Å². The molecule has 0 spiro atoms. The molecule has 5 atom stereocenters. The van der Waals surface area contributed by atoms with E-state index in [1.165, 1.54) is 22.4 Å². The zero-order valence-corrected chi connectivity index (χ0v) is 21.1. The van der Waals surface area contributed by atoms with Gasteiger partial charge in [0.2, 0.25) is 0 Å². The van der Waals surface area contributed by atoms with Crippen LogP contribution in [0, 0.1) is 29.1 Å². The second-order valence-electron chi connectivity index (χ2n) is 11.5. The molecule has 0 bridgehead atoms. The minimum Gasteiger partial charge on any atom is -0.378 e. The highest BCUT2D eigenvalue weighted by Gasteiger charge is 2.62. The molecule has 1 saturated heterocycles. The first-order valence-corrected chi connectivity index (χ1v) is 13.5. The highest BCUT2D eigenvalue weighted by Crippen LogP contribution is 2.66. The Bertz CT molecular complexity index is 1150. The first-order valence-electron chi connectivity index (χ1n) is 13.5. The van der Waals surface area contributed by atoms with Gasteiger partial charge in [-0.3, -0.25) is 4.79 Å². The summed E-state index contributed by atoms with van der Waals surface area (Å²) in [6.07, 6.45) is 8.21. The van der Waals surface area contributed by atoms with E-state index in [2.05, 4.69) is 47.9 Å². The number of benzene rings is 1. The maximum absolute atomic E-state index is 12.2. The number of anilines is 1. The van der Waals surface area contributed by atoms with Crippen LogP contribution in [0.5, 0.6) is 0 Å². The predicted molar refractivity (Wildman–Crippen MR) is 138 cm³/mol. The monoisotopic (exact) mass is 471 g/mol. The molecule has 6 rings (SSSR count). The Balaban J connectivity index is 1.44. The zero-order valence-electron chi connectivity index (χ0n) is 21.1. The summed E-state index contributed by atoms with van der Waals surface area (Å²) in [7, 11) is 0. The van der Waals surface area contributed by atoms with Crippen molar-refractivity contribution in [3.8, 4) is 11.8 Å². The SMILES string of the molecule is CC#CC1(O)CCC2C3CCC4=CC(=O)CCC4=C3C(c3ccc(N4CCOCC4)cc3)CC21C. The van der Waals surface area contributed by atoms with Gasteiger partial charge in [0.1, 0.15) is 5.60 Å². The summed E-state index contributed by atoms with van der Waals surface area (Å²) in [6.45, 7) is 7.60. The van der Waals surface area contributed by atoms with Crippen LogP contribution < -0.4 is 4.90 Å². The van der Waals surface area contributed by atoms with Gasteiger partial charge in [0.25, 0.3) is 0 Å². The molecule has 4 aliphatic carbocycles. The fraction of sp³-hybridized carbons (Fsp3) is 0.581. The highest BCUT2D eigenvalue weighted by atomic mass is 16.5. The normalized spacial score (nSPS) is 36.5. The van der Waals surface area contributed by atoms with Crippen LogP contribution in [0.3, 0.4) is 0 Å². The number of hydrogen-bond donors (Lipinski definition) is 1. The summed E-state index contributed by atoms with van der Waals surface area (Å²) in [4.78, 5) is 14.6. The van der Waals surface area contributed by atoms with Gasteiger partial charge >= 0.3 is 0 Å². The van der Waals surface area contributed by atoms with E-state index in [-0.39, 0.29) is 17.1 Å². The van der Waals surface area contributed by atoms with Gasteiger partial charge in [-0.2, -0.15) is 0 Å². The van der Waals surface area contributed by atoms with Crippen LogP contribution in [0.4, 0.5) is 5.69 Å². The van der Waals surface area contributed by atoms with E-state index in [0.717, 1.165) is 64.8 Å². The molecule has 1 heterocycles. The van der Waals surface area contributed by atoms with E-state index in [1.54, 1.807) is 5.57 Å². The van der Waals surface area contributed by atoms with Crippen LogP contribution in [0.15, 0.2) is 47.1 Å². The number of hydrogen-bond acceptors (Lipinski definition) is 4. The fourth-order valence-electron chi connectivity index (χ4n) is 8.12. The average molecular weight is 472 g/mol. The van der Waals surface area contributed by atoms with E-state index in [0.29, 0.717) is 18.3 Å². The summed E-state index contributed by atoms with van der Waals surface area (Å²) in [5, 5.41) is 11.8. The molecule has 3 fully saturated rings. The van der Waals surface area contributed by atoms with Crippen molar-refractivity contribution in [1.82, 2.24) is 0 Å². The van der Waals surface area contributed by atoms with Gasteiger partial charge in [-0.1, -0.05) is 30.6 Å². The van der Waals surface area contributed by atoms with Gasteiger partial charge in [-0.15, -0.1) is 5.92 Å². The maximum Gasteiger partial charge on any atom is 0.156 e. The van der Waals surface area contributed by atoms with Crippen molar-refractivity contribution < 1.29 is 14.6 Å². The molecular formula is C31H37NO3. The third-order valence-electron chi connectivity index (χ3n) is 9.89. The molecule has 0 radical (unpaired) electrons. The highest BCUT2D eigenvalue weighted by molar-refractivity contribution is 5.93. The van der Waals surface area contributed by atoms with Crippen LogP contribution in [0.25, 0.3) is 0 Å². The second kappa shape index (κ2) is 8.64. The number of carbonyl (C=O) groups is 1. The van der Waals surface area contributed by atoms with Crippen molar-refractivity contribution in [2.45, 2.75) is 70.3 Å². The average Bonchev–Trinajstić information content (AvgIpc) is 3.14. The number of aliphatic hydroxyl groups is 1. The van der Waals surface area contributed by atoms with Gasteiger partial charge in [-0.05, 0) is 92.2 Å². The summed E-state index contributed by atoms with van der Waals surface area (Å²) in [6, 6.07) is 9.17. The number of morpholine rings is 1. The van der Waals surface area contributed by atoms with E-state index in [1.807, 2.05) is 13.0 Å². The Morgan fingerprint density at radius 1 is 1.09 bits per heavy atom.